The van der Waals surface area contributed by atoms with Crippen molar-refractivity contribution in [2.75, 3.05) is 7.11 Å². The van der Waals surface area contributed by atoms with Gasteiger partial charge in [0, 0.05) is 16.6 Å². The van der Waals surface area contributed by atoms with Crippen molar-refractivity contribution in [3.05, 3.63) is 64.1 Å². The lowest BCUT2D eigenvalue weighted by atomic mass is 10.0. The predicted molar refractivity (Wildman–Crippen MR) is 87.1 cm³/mol. The molecule has 0 unspecified atom stereocenters. The lowest BCUT2D eigenvalue weighted by Gasteiger charge is -2.21. The molecule has 0 aliphatic carbocycles. The van der Waals surface area contributed by atoms with Crippen molar-refractivity contribution < 1.29 is 4.74 Å². The Bertz CT molecular complexity index is 570. The van der Waals surface area contributed by atoms with Gasteiger partial charge in [-0.15, -0.1) is 0 Å². The fourth-order valence-corrected chi connectivity index (χ4v) is 2.67. The van der Waals surface area contributed by atoms with E-state index in [1.54, 1.807) is 7.11 Å². The first-order valence-electron chi connectivity index (χ1n) is 6.75. The Morgan fingerprint density at radius 2 is 1.55 bits per heavy atom. The van der Waals surface area contributed by atoms with Crippen LogP contribution in [0.25, 0.3) is 0 Å². The summed E-state index contributed by atoms with van der Waals surface area (Å²) < 4.78 is 6.39. The quantitative estimate of drug-likeness (QED) is 0.842. The van der Waals surface area contributed by atoms with E-state index >= 15 is 0 Å². The fraction of sp³-hybridized carbons (Fsp3) is 0.294. The molecule has 106 valence electrons. The number of methoxy groups -OCH3 is 1. The lowest BCUT2D eigenvalue weighted by Crippen LogP contribution is -2.22. The summed E-state index contributed by atoms with van der Waals surface area (Å²) >= 11 is 3.52. The van der Waals surface area contributed by atoms with Crippen LogP contribution in [0.2, 0.25) is 0 Å². The minimum atomic E-state index is 0.263. The number of halogens is 1. The molecule has 0 saturated carbocycles. The number of benzene rings is 2. The number of ether oxygens (including phenoxy) is 1. The monoisotopic (exact) mass is 333 g/mol. The SMILES string of the molecule is COc1cccc([C@H](C)N[C@@H](C)c2cccc(Br)c2)c1. The smallest absolute Gasteiger partial charge is 0.119 e. The first kappa shape index (κ1) is 15.1. The molecule has 0 radical (unpaired) electrons. The van der Waals surface area contributed by atoms with Gasteiger partial charge in [-0.2, -0.15) is 0 Å². The summed E-state index contributed by atoms with van der Waals surface area (Å²) in [6.07, 6.45) is 0. The Morgan fingerprint density at radius 1 is 0.950 bits per heavy atom. The van der Waals surface area contributed by atoms with Gasteiger partial charge in [-0.05, 0) is 49.2 Å². The van der Waals surface area contributed by atoms with Crippen molar-refractivity contribution in [1.29, 1.82) is 0 Å². The van der Waals surface area contributed by atoms with Crippen LogP contribution >= 0.6 is 15.9 Å². The second-order valence-electron chi connectivity index (χ2n) is 4.94. The third-order valence-electron chi connectivity index (χ3n) is 3.44. The van der Waals surface area contributed by atoms with E-state index in [1.165, 1.54) is 11.1 Å². The molecule has 0 saturated heterocycles. The Balaban J connectivity index is 2.08. The summed E-state index contributed by atoms with van der Waals surface area (Å²) in [4.78, 5) is 0. The van der Waals surface area contributed by atoms with E-state index in [1.807, 2.05) is 18.2 Å². The van der Waals surface area contributed by atoms with Crippen LogP contribution in [0.15, 0.2) is 53.0 Å². The van der Waals surface area contributed by atoms with Crippen LogP contribution in [0.1, 0.15) is 37.1 Å². The van der Waals surface area contributed by atoms with Gasteiger partial charge in [0.25, 0.3) is 0 Å². The summed E-state index contributed by atoms with van der Waals surface area (Å²) in [6, 6.07) is 17.1. The molecule has 0 fully saturated rings. The molecule has 2 aromatic carbocycles. The summed E-state index contributed by atoms with van der Waals surface area (Å²) in [5.41, 5.74) is 2.50. The molecule has 2 rings (SSSR count). The first-order chi connectivity index (χ1) is 9.60. The Kier molecular flexibility index (Phi) is 5.21. The highest BCUT2D eigenvalue weighted by molar-refractivity contribution is 9.10. The zero-order chi connectivity index (χ0) is 14.5. The third-order valence-corrected chi connectivity index (χ3v) is 3.94. The second-order valence-corrected chi connectivity index (χ2v) is 5.86. The molecule has 0 aliphatic heterocycles. The Morgan fingerprint density at radius 3 is 2.15 bits per heavy atom. The number of hydrogen-bond acceptors (Lipinski definition) is 2. The topological polar surface area (TPSA) is 21.3 Å². The van der Waals surface area contributed by atoms with Crippen molar-refractivity contribution in [3.63, 3.8) is 0 Å². The highest BCUT2D eigenvalue weighted by atomic mass is 79.9. The van der Waals surface area contributed by atoms with Crippen molar-refractivity contribution in [3.8, 4) is 5.75 Å². The molecule has 2 aromatic rings. The van der Waals surface area contributed by atoms with Gasteiger partial charge in [0.15, 0.2) is 0 Å². The Labute approximate surface area is 129 Å². The summed E-state index contributed by atoms with van der Waals surface area (Å²) in [7, 11) is 1.70. The van der Waals surface area contributed by atoms with Crippen LogP contribution in [-0.4, -0.2) is 7.11 Å². The molecule has 2 nitrogen and oxygen atoms in total. The molecule has 0 amide bonds. The molecule has 3 heteroatoms. The average molecular weight is 334 g/mol. The highest BCUT2D eigenvalue weighted by Gasteiger charge is 2.11. The highest BCUT2D eigenvalue weighted by Crippen LogP contribution is 2.23. The molecule has 1 N–H and O–H groups in total. The van der Waals surface area contributed by atoms with Crippen LogP contribution in [-0.2, 0) is 0 Å². The largest absolute Gasteiger partial charge is 0.497 e. The van der Waals surface area contributed by atoms with Crippen molar-refractivity contribution in [2.24, 2.45) is 0 Å². The van der Waals surface area contributed by atoms with Gasteiger partial charge >= 0.3 is 0 Å². The number of nitrogens with one attached hydrogen (secondary N) is 1. The molecular weight excluding hydrogens is 314 g/mol. The van der Waals surface area contributed by atoms with Crippen LogP contribution in [0.5, 0.6) is 5.75 Å². The standard InChI is InChI=1S/C17H20BrNO/c1-12(14-6-4-8-16(18)10-14)19-13(2)15-7-5-9-17(11-15)20-3/h4-13,19H,1-3H3/t12-,13-/m0/s1. The second kappa shape index (κ2) is 6.91. The maximum atomic E-state index is 5.28. The van der Waals surface area contributed by atoms with Gasteiger partial charge in [0.1, 0.15) is 5.75 Å². The first-order valence-corrected chi connectivity index (χ1v) is 7.55. The minimum absolute atomic E-state index is 0.263. The van der Waals surface area contributed by atoms with Gasteiger partial charge in [0.05, 0.1) is 7.11 Å². The van der Waals surface area contributed by atoms with Gasteiger partial charge in [-0.25, -0.2) is 0 Å². The average Bonchev–Trinajstić information content (AvgIpc) is 2.47. The molecule has 0 aliphatic rings. The lowest BCUT2D eigenvalue weighted by molar-refractivity contribution is 0.412. The molecule has 20 heavy (non-hydrogen) atoms. The summed E-state index contributed by atoms with van der Waals surface area (Å²) in [6.45, 7) is 4.35. The van der Waals surface area contributed by atoms with Crippen LogP contribution < -0.4 is 10.1 Å². The van der Waals surface area contributed by atoms with Crippen molar-refractivity contribution >= 4 is 15.9 Å². The zero-order valence-corrected chi connectivity index (χ0v) is 13.6. The summed E-state index contributed by atoms with van der Waals surface area (Å²) in [5.74, 6) is 0.895. The van der Waals surface area contributed by atoms with Crippen LogP contribution in [0.4, 0.5) is 0 Å². The summed E-state index contributed by atoms with van der Waals surface area (Å²) in [5, 5.41) is 3.61. The predicted octanol–water partition coefficient (Wildman–Crippen LogP) is 4.87. The van der Waals surface area contributed by atoms with E-state index in [0.717, 1.165) is 10.2 Å². The van der Waals surface area contributed by atoms with Crippen LogP contribution in [0.3, 0.4) is 0 Å². The van der Waals surface area contributed by atoms with Gasteiger partial charge in [-0.1, -0.05) is 40.2 Å². The number of rotatable bonds is 5. The van der Waals surface area contributed by atoms with E-state index in [9.17, 15) is 0 Å². The third kappa shape index (κ3) is 3.84. The fourth-order valence-electron chi connectivity index (χ4n) is 2.25. The molecular formula is C17H20BrNO. The van der Waals surface area contributed by atoms with Crippen LogP contribution in [0, 0.1) is 0 Å². The van der Waals surface area contributed by atoms with Gasteiger partial charge < -0.3 is 10.1 Å². The normalized spacial score (nSPS) is 13.8. The molecule has 0 spiro atoms. The zero-order valence-electron chi connectivity index (χ0n) is 12.1. The van der Waals surface area contributed by atoms with Gasteiger partial charge in [0.2, 0.25) is 0 Å². The molecule has 0 heterocycles. The molecule has 2 atom stereocenters. The van der Waals surface area contributed by atoms with E-state index in [-0.39, 0.29) is 12.1 Å². The molecule has 0 bridgehead atoms. The van der Waals surface area contributed by atoms with Crippen molar-refractivity contribution in [1.82, 2.24) is 5.32 Å². The Hall–Kier alpha value is -1.32. The van der Waals surface area contributed by atoms with Gasteiger partial charge in [-0.3, -0.25) is 0 Å². The van der Waals surface area contributed by atoms with E-state index in [4.69, 9.17) is 4.74 Å². The van der Waals surface area contributed by atoms with E-state index in [2.05, 4.69) is 65.4 Å². The van der Waals surface area contributed by atoms with E-state index < -0.39 is 0 Å². The van der Waals surface area contributed by atoms with E-state index in [0.29, 0.717) is 0 Å². The maximum Gasteiger partial charge on any atom is 0.119 e. The van der Waals surface area contributed by atoms with Crippen molar-refractivity contribution in [2.45, 2.75) is 25.9 Å². The number of hydrogen-bond donors (Lipinski definition) is 1. The molecule has 0 aromatic heterocycles. The maximum absolute atomic E-state index is 5.28. The minimum Gasteiger partial charge on any atom is -0.497 e.